The van der Waals surface area contributed by atoms with Crippen LogP contribution in [0.1, 0.15) is 31.3 Å². The van der Waals surface area contributed by atoms with Crippen molar-refractivity contribution in [2.45, 2.75) is 0 Å². The molecule has 134 valence electrons. The summed E-state index contributed by atoms with van der Waals surface area (Å²) in [6.45, 7) is -0.470. The molecular weight excluding hydrogens is 340 g/mol. The number of hydrogen-bond acceptors (Lipinski definition) is 6. The molecule has 0 N–H and O–H groups in total. The van der Waals surface area contributed by atoms with Crippen molar-refractivity contribution in [1.82, 2.24) is 9.80 Å². The first-order valence-corrected chi connectivity index (χ1v) is 7.89. The topological polar surface area (TPSA) is 97.1 Å². The number of likely N-dealkylation sites (N-methyl/N-ethyl adjacent to an activating group) is 1. The summed E-state index contributed by atoms with van der Waals surface area (Å²) in [6.07, 6.45) is 1.36. The molecule has 3 amide bonds. The molecule has 0 saturated carbocycles. The molecule has 2 heterocycles. The van der Waals surface area contributed by atoms with Gasteiger partial charge < -0.3 is 14.1 Å². The van der Waals surface area contributed by atoms with Crippen LogP contribution in [0.3, 0.4) is 0 Å². The average Bonchev–Trinajstić information content (AvgIpc) is 3.25. The number of esters is 1. The van der Waals surface area contributed by atoms with Crippen LogP contribution in [-0.4, -0.2) is 60.2 Å². The number of hydrogen-bond donors (Lipinski definition) is 0. The predicted molar refractivity (Wildman–Crippen MR) is 88.4 cm³/mol. The normalized spacial score (nSPS) is 12.9. The van der Waals surface area contributed by atoms with Gasteiger partial charge in [-0.25, -0.2) is 0 Å². The maximum Gasteiger partial charge on any atom is 0.325 e. The molecule has 0 unspecified atom stereocenters. The van der Waals surface area contributed by atoms with E-state index >= 15 is 0 Å². The third kappa shape index (κ3) is 3.34. The molecular formula is C18H16N2O6. The zero-order valence-electron chi connectivity index (χ0n) is 14.0. The summed E-state index contributed by atoms with van der Waals surface area (Å²) in [6, 6.07) is 9.58. The van der Waals surface area contributed by atoms with Crippen LogP contribution in [0.15, 0.2) is 47.1 Å². The maximum atomic E-state index is 12.2. The van der Waals surface area contributed by atoms with E-state index in [0.29, 0.717) is 11.1 Å². The lowest BCUT2D eigenvalue weighted by atomic mass is 10.1. The predicted octanol–water partition coefficient (Wildman–Crippen LogP) is 1.19. The van der Waals surface area contributed by atoms with Crippen LogP contribution in [0.5, 0.6) is 0 Å². The summed E-state index contributed by atoms with van der Waals surface area (Å²) < 4.78 is 10.0. The Morgan fingerprint density at radius 3 is 2.31 bits per heavy atom. The van der Waals surface area contributed by atoms with E-state index in [1.54, 1.807) is 30.3 Å². The zero-order valence-corrected chi connectivity index (χ0v) is 14.0. The number of nitrogens with zero attached hydrogens (tertiary/aromatic N) is 2. The van der Waals surface area contributed by atoms with E-state index in [2.05, 4.69) is 0 Å². The first-order valence-electron chi connectivity index (χ1n) is 7.89. The molecule has 0 aliphatic carbocycles. The average molecular weight is 356 g/mol. The van der Waals surface area contributed by atoms with Gasteiger partial charge in [0.25, 0.3) is 17.7 Å². The van der Waals surface area contributed by atoms with Gasteiger partial charge in [-0.15, -0.1) is 0 Å². The number of rotatable bonds is 6. The number of benzene rings is 1. The lowest BCUT2D eigenvalue weighted by molar-refractivity contribution is -0.144. The molecule has 8 nitrogen and oxygen atoms in total. The summed E-state index contributed by atoms with van der Waals surface area (Å²) in [5.74, 6) is -1.80. The number of fused-ring (bicyclic) bond motifs is 1. The molecule has 2 aromatic rings. The van der Waals surface area contributed by atoms with Crippen molar-refractivity contribution < 1.29 is 28.3 Å². The van der Waals surface area contributed by atoms with E-state index in [-0.39, 0.29) is 25.5 Å². The van der Waals surface area contributed by atoms with E-state index < -0.39 is 23.7 Å². The van der Waals surface area contributed by atoms with Crippen LogP contribution < -0.4 is 0 Å². The van der Waals surface area contributed by atoms with Gasteiger partial charge in [0.15, 0.2) is 5.76 Å². The second kappa shape index (κ2) is 7.22. The molecule has 26 heavy (non-hydrogen) atoms. The van der Waals surface area contributed by atoms with Gasteiger partial charge in [-0.05, 0) is 24.3 Å². The van der Waals surface area contributed by atoms with E-state index in [4.69, 9.17) is 9.15 Å². The quantitative estimate of drug-likeness (QED) is 0.570. The lowest BCUT2D eigenvalue weighted by Crippen LogP contribution is -2.36. The van der Waals surface area contributed by atoms with E-state index in [0.717, 1.165) is 9.80 Å². The molecule has 1 aromatic heterocycles. The Hall–Kier alpha value is -3.42. The Morgan fingerprint density at radius 2 is 1.73 bits per heavy atom. The van der Waals surface area contributed by atoms with Gasteiger partial charge in [-0.1, -0.05) is 12.1 Å². The van der Waals surface area contributed by atoms with Gasteiger partial charge in [0.1, 0.15) is 13.2 Å². The van der Waals surface area contributed by atoms with Gasteiger partial charge in [0.2, 0.25) is 0 Å². The third-order valence-corrected chi connectivity index (χ3v) is 3.90. The molecule has 0 atom stereocenters. The van der Waals surface area contributed by atoms with Crippen molar-refractivity contribution in [3.8, 4) is 0 Å². The second-order valence-corrected chi connectivity index (χ2v) is 5.67. The summed E-state index contributed by atoms with van der Waals surface area (Å²) in [5, 5.41) is 0. The van der Waals surface area contributed by atoms with Crippen molar-refractivity contribution >= 4 is 23.7 Å². The first kappa shape index (κ1) is 17.4. The minimum absolute atomic E-state index is 0.0477. The van der Waals surface area contributed by atoms with Crippen LogP contribution in [0.25, 0.3) is 0 Å². The fourth-order valence-electron chi connectivity index (χ4n) is 2.59. The molecule has 0 fully saturated rings. The summed E-state index contributed by atoms with van der Waals surface area (Å²) in [7, 11) is 1.44. The summed E-state index contributed by atoms with van der Waals surface area (Å²) >= 11 is 0. The summed E-state index contributed by atoms with van der Waals surface area (Å²) in [4.78, 5) is 50.4. The van der Waals surface area contributed by atoms with Crippen molar-refractivity contribution in [2.24, 2.45) is 0 Å². The molecule has 1 aliphatic heterocycles. The van der Waals surface area contributed by atoms with Gasteiger partial charge >= 0.3 is 5.97 Å². The zero-order chi connectivity index (χ0) is 18.7. The smallest absolute Gasteiger partial charge is 0.325 e. The van der Waals surface area contributed by atoms with Crippen LogP contribution in [0.2, 0.25) is 0 Å². The Bertz CT molecular complexity index is 823. The van der Waals surface area contributed by atoms with Gasteiger partial charge in [0, 0.05) is 7.05 Å². The fourth-order valence-corrected chi connectivity index (χ4v) is 2.59. The van der Waals surface area contributed by atoms with Crippen molar-refractivity contribution in [3.63, 3.8) is 0 Å². The van der Waals surface area contributed by atoms with Crippen LogP contribution in [0.4, 0.5) is 0 Å². The van der Waals surface area contributed by atoms with Gasteiger partial charge in [-0.2, -0.15) is 0 Å². The Kier molecular flexibility index (Phi) is 4.83. The highest BCUT2D eigenvalue weighted by Gasteiger charge is 2.34. The van der Waals surface area contributed by atoms with E-state index in [1.165, 1.54) is 19.4 Å². The second-order valence-electron chi connectivity index (χ2n) is 5.67. The monoisotopic (exact) mass is 356 g/mol. The molecule has 0 saturated heterocycles. The Morgan fingerprint density at radius 1 is 1.08 bits per heavy atom. The standard InChI is InChI=1S/C18H16N2O6/c1-19(18(24)14-7-4-9-25-14)11-15(21)26-10-8-20-16(22)12-5-2-3-6-13(12)17(20)23/h2-7,9H,8,10-11H2,1H3. The number of imide groups is 1. The van der Waals surface area contributed by atoms with Crippen LogP contribution in [-0.2, 0) is 9.53 Å². The SMILES string of the molecule is CN(CC(=O)OCCN1C(=O)c2ccccc2C1=O)C(=O)c1ccco1. The largest absolute Gasteiger partial charge is 0.462 e. The third-order valence-electron chi connectivity index (χ3n) is 3.90. The molecule has 0 radical (unpaired) electrons. The molecule has 0 spiro atoms. The van der Waals surface area contributed by atoms with Crippen LogP contribution >= 0.6 is 0 Å². The molecule has 1 aliphatic rings. The molecule has 1 aromatic carbocycles. The molecule has 3 rings (SSSR count). The minimum atomic E-state index is -0.649. The number of carbonyl (C=O) groups is 4. The van der Waals surface area contributed by atoms with Crippen LogP contribution in [0, 0.1) is 0 Å². The van der Waals surface area contributed by atoms with E-state index in [1.807, 2.05) is 0 Å². The van der Waals surface area contributed by atoms with Crippen molar-refractivity contribution in [2.75, 3.05) is 26.7 Å². The van der Waals surface area contributed by atoms with Crippen molar-refractivity contribution in [3.05, 3.63) is 59.5 Å². The van der Waals surface area contributed by atoms with Gasteiger partial charge in [-0.3, -0.25) is 24.1 Å². The fraction of sp³-hybridized carbons (Fsp3) is 0.222. The molecule has 0 bridgehead atoms. The number of amides is 3. The minimum Gasteiger partial charge on any atom is -0.462 e. The molecule has 8 heteroatoms. The number of ether oxygens (including phenoxy) is 1. The Balaban J connectivity index is 1.48. The number of furan rings is 1. The van der Waals surface area contributed by atoms with E-state index in [9.17, 15) is 19.2 Å². The van der Waals surface area contributed by atoms with Crippen molar-refractivity contribution in [1.29, 1.82) is 0 Å². The lowest BCUT2D eigenvalue weighted by Gasteiger charge is -2.16. The maximum absolute atomic E-state index is 12.2. The highest BCUT2D eigenvalue weighted by molar-refractivity contribution is 6.21. The number of carbonyl (C=O) groups excluding carboxylic acids is 4. The van der Waals surface area contributed by atoms with Gasteiger partial charge in [0.05, 0.1) is 23.9 Å². The highest BCUT2D eigenvalue weighted by atomic mass is 16.5. The summed E-state index contributed by atoms with van der Waals surface area (Å²) in [5.41, 5.74) is 0.681. The highest BCUT2D eigenvalue weighted by Crippen LogP contribution is 2.21. The Labute approximate surface area is 148 Å². The first-order chi connectivity index (χ1) is 12.5.